The fourth-order valence-corrected chi connectivity index (χ4v) is 5.72. The third-order valence-corrected chi connectivity index (χ3v) is 7.08. The maximum atomic E-state index is 4.85. The van der Waals surface area contributed by atoms with Crippen LogP contribution in [0.4, 0.5) is 0 Å². The highest BCUT2D eigenvalue weighted by molar-refractivity contribution is 6.35. The molecule has 0 bridgehead atoms. The van der Waals surface area contributed by atoms with Crippen LogP contribution in [0.25, 0.3) is 66.0 Å². The van der Waals surface area contributed by atoms with E-state index in [1.54, 1.807) is 6.33 Å². The highest BCUT2D eigenvalue weighted by Gasteiger charge is 2.25. The lowest BCUT2D eigenvalue weighted by Gasteiger charge is -2.12. The fourth-order valence-electron chi connectivity index (χ4n) is 5.72. The molecule has 0 aliphatic heterocycles. The molecule has 4 aromatic heterocycles. The topological polar surface area (TPSA) is 48.5 Å². The molecule has 8 aromatic rings. The molecular formula is C31H19N5. The lowest BCUT2D eigenvalue weighted by molar-refractivity contribution is 1.08. The van der Waals surface area contributed by atoms with Crippen LogP contribution in [0.1, 0.15) is 0 Å². The second kappa shape index (κ2) is 7.23. The predicted octanol–water partition coefficient (Wildman–Crippen LogP) is 7.22. The van der Waals surface area contributed by atoms with Gasteiger partial charge in [0.25, 0.3) is 0 Å². The summed E-state index contributed by atoms with van der Waals surface area (Å²) in [6.45, 7) is 0. The van der Waals surface area contributed by atoms with Gasteiger partial charge in [0.15, 0.2) is 0 Å². The summed E-state index contributed by atoms with van der Waals surface area (Å²) in [4.78, 5) is 14.1. The van der Waals surface area contributed by atoms with Crippen molar-refractivity contribution in [3.05, 3.63) is 116 Å². The molecule has 4 aromatic carbocycles. The molecule has 8 rings (SSSR count). The summed E-state index contributed by atoms with van der Waals surface area (Å²) in [6.07, 6.45) is 5.46. The van der Waals surface area contributed by atoms with Crippen molar-refractivity contribution in [3.63, 3.8) is 0 Å². The van der Waals surface area contributed by atoms with E-state index in [0.29, 0.717) is 0 Å². The summed E-state index contributed by atoms with van der Waals surface area (Å²) in [5, 5.41) is 5.64. The van der Waals surface area contributed by atoms with Gasteiger partial charge in [-0.2, -0.15) is 0 Å². The van der Waals surface area contributed by atoms with Crippen LogP contribution in [0, 0.1) is 0 Å². The highest BCUT2D eigenvalue weighted by atomic mass is 15.1. The van der Waals surface area contributed by atoms with Gasteiger partial charge >= 0.3 is 0 Å². The van der Waals surface area contributed by atoms with E-state index < -0.39 is 0 Å². The molecule has 36 heavy (non-hydrogen) atoms. The fraction of sp³-hybridized carbons (Fsp3) is 0. The Morgan fingerprint density at radius 3 is 1.97 bits per heavy atom. The number of aromatic nitrogens is 5. The molecule has 0 radical (unpaired) electrons. The SMILES string of the molecule is c1ccc(-n2c3ccccc3c3c4cncnc4c4c5ccccc5n(-c5ccccn5)c4c32)cc1. The number of rotatable bonds is 2. The molecular weight excluding hydrogens is 442 g/mol. The molecule has 0 amide bonds. The molecule has 0 saturated carbocycles. The van der Waals surface area contributed by atoms with Crippen molar-refractivity contribution in [2.75, 3.05) is 0 Å². The first kappa shape index (κ1) is 19.3. The van der Waals surface area contributed by atoms with E-state index in [4.69, 9.17) is 9.97 Å². The van der Waals surface area contributed by atoms with Gasteiger partial charge in [0, 0.05) is 45.0 Å². The largest absolute Gasteiger partial charge is 0.307 e. The standard InChI is InChI=1S/C31H19N5/c1-2-10-20(11-3-1)35-24-14-6-4-12-21(24)27-23-18-32-19-34-29(23)28-22-13-5-7-15-25(22)36(31(28)30(27)35)26-16-8-9-17-33-26/h1-19H. The van der Waals surface area contributed by atoms with E-state index in [1.807, 2.05) is 24.5 Å². The zero-order valence-corrected chi connectivity index (χ0v) is 19.2. The smallest absolute Gasteiger partial charge is 0.137 e. The molecule has 168 valence electrons. The van der Waals surface area contributed by atoms with Crippen molar-refractivity contribution in [2.24, 2.45) is 0 Å². The summed E-state index contributed by atoms with van der Waals surface area (Å²) in [5.41, 5.74) is 6.53. The first-order chi connectivity index (χ1) is 17.9. The lowest BCUT2D eigenvalue weighted by Crippen LogP contribution is -2.00. The lowest BCUT2D eigenvalue weighted by atomic mass is 10.0. The van der Waals surface area contributed by atoms with Gasteiger partial charge in [-0.3, -0.25) is 4.57 Å². The molecule has 0 N–H and O–H groups in total. The number of hydrogen-bond acceptors (Lipinski definition) is 3. The van der Waals surface area contributed by atoms with Crippen LogP contribution in [-0.2, 0) is 0 Å². The molecule has 5 heteroatoms. The third kappa shape index (κ3) is 2.46. The number of benzene rings is 4. The van der Waals surface area contributed by atoms with Crippen LogP contribution in [0.2, 0.25) is 0 Å². The quantitative estimate of drug-likeness (QED) is 0.273. The Balaban J connectivity index is 1.79. The van der Waals surface area contributed by atoms with Crippen molar-refractivity contribution in [1.82, 2.24) is 24.1 Å². The average molecular weight is 462 g/mol. The number of para-hydroxylation sites is 3. The third-order valence-electron chi connectivity index (χ3n) is 7.08. The van der Waals surface area contributed by atoms with Gasteiger partial charge < -0.3 is 4.57 Å². The summed E-state index contributed by atoms with van der Waals surface area (Å²) in [5.74, 6) is 0.878. The zero-order valence-electron chi connectivity index (χ0n) is 19.2. The first-order valence-electron chi connectivity index (χ1n) is 12.0. The van der Waals surface area contributed by atoms with Gasteiger partial charge in [-0.1, -0.05) is 60.7 Å². The zero-order chi connectivity index (χ0) is 23.6. The minimum Gasteiger partial charge on any atom is -0.307 e. The van der Waals surface area contributed by atoms with E-state index in [0.717, 1.165) is 60.6 Å². The second-order valence-electron chi connectivity index (χ2n) is 8.96. The van der Waals surface area contributed by atoms with Crippen molar-refractivity contribution >= 4 is 54.5 Å². The van der Waals surface area contributed by atoms with E-state index >= 15 is 0 Å². The highest BCUT2D eigenvalue weighted by Crippen LogP contribution is 2.45. The maximum Gasteiger partial charge on any atom is 0.137 e. The van der Waals surface area contributed by atoms with Crippen LogP contribution in [0.15, 0.2) is 116 Å². The van der Waals surface area contributed by atoms with E-state index in [1.165, 1.54) is 5.39 Å². The summed E-state index contributed by atoms with van der Waals surface area (Å²) < 4.78 is 4.66. The summed E-state index contributed by atoms with van der Waals surface area (Å²) >= 11 is 0. The number of fused-ring (bicyclic) bond motifs is 10. The van der Waals surface area contributed by atoms with Crippen LogP contribution < -0.4 is 0 Å². The number of hydrogen-bond donors (Lipinski definition) is 0. The van der Waals surface area contributed by atoms with E-state index in [2.05, 4.69) is 99.0 Å². The molecule has 0 fully saturated rings. The Labute approximate surface area is 205 Å². The van der Waals surface area contributed by atoms with E-state index in [9.17, 15) is 0 Å². The van der Waals surface area contributed by atoms with Crippen LogP contribution in [-0.4, -0.2) is 24.1 Å². The van der Waals surface area contributed by atoms with Crippen molar-refractivity contribution < 1.29 is 0 Å². The van der Waals surface area contributed by atoms with Gasteiger partial charge in [-0.05, 0) is 36.4 Å². The van der Waals surface area contributed by atoms with Crippen molar-refractivity contribution in [3.8, 4) is 11.5 Å². The molecule has 0 saturated heterocycles. The molecule has 0 aliphatic rings. The Hall–Kier alpha value is -5.03. The molecule has 5 nitrogen and oxygen atoms in total. The van der Waals surface area contributed by atoms with Gasteiger partial charge in [0.05, 0.1) is 27.6 Å². The Bertz CT molecular complexity index is 1930. The molecule has 0 aliphatic carbocycles. The van der Waals surface area contributed by atoms with Crippen molar-refractivity contribution in [2.45, 2.75) is 0 Å². The number of pyridine rings is 1. The Morgan fingerprint density at radius 2 is 1.19 bits per heavy atom. The minimum absolute atomic E-state index is 0.878. The van der Waals surface area contributed by atoms with Crippen LogP contribution in [0.5, 0.6) is 0 Å². The van der Waals surface area contributed by atoms with Crippen LogP contribution >= 0.6 is 0 Å². The Morgan fingerprint density at radius 1 is 0.528 bits per heavy atom. The van der Waals surface area contributed by atoms with E-state index in [-0.39, 0.29) is 0 Å². The summed E-state index contributed by atoms with van der Waals surface area (Å²) in [6, 6.07) is 33.7. The van der Waals surface area contributed by atoms with Gasteiger partial charge in [0.2, 0.25) is 0 Å². The van der Waals surface area contributed by atoms with Crippen LogP contribution in [0.3, 0.4) is 0 Å². The van der Waals surface area contributed by atoms with Gasteiger partial charge in [-0.25, -0.2) is 15.0 Å². The monoisotopic (exact) mass is 461 g/mol. The predicted molar refractivity (Wildman–Crippen MR) is 146 cm³/mol. The Kier molecular flexibility index (Phi) is 3.88. The minimum atomic E-state index is 0.878. The second-order valence-corrected chi connectivity index (χ2v) is 8.96. The van der Waals surface area contributed by atoms with Crippen molar-refractivity contribution in [1.29, 1.82) is 0 Å². The first-order valence-corrected chi connectivity index (χ1v) is 12.0. The van der Waals surface area contributed by atoms with Gasteiger partial charge in [0.1, 0.15) is 12.1 Å². The molecule has 0 unspecified atom stereocenters. The molecule has 4 heterocycles. The number of nitrogens with zero attached hydrogens (tertiary/aromatic N) is 5. The summed E-state index contributed by atoms with van der Waals surface area (Å²) in [7, 11) is 0. The average Bonchev–Trinajstić information content (AvgIpc) is 3.48. The maximum absolute atomic E-state index is 4.85. The normalized spacial score (nSPS) is 11.9. The molecule has 0 atom stereocenters. The molecule has 0 spiro atoms. The van der Waals surface area contributed by atoms with Gasteiger partial charge in [-0.15, -0.1) is 0 Å².